The van der Waals surface area contributed by atoms with E-state index < -0.39 is 30.6 Å². The number of aryl methyl sites for hydroxylation is 1. The van der Waals surface area contributed by atoms with Crippen LogP contribution in [0.15, 0.2) is 21.9 Å². The van der Waals surface area contributed by atoms with Gasteiger partial charge < -0.3 is 5.11 Å². The fourth-order valence-electron chi connectivity index (χ4n) is 1.39. The second-order valence-corrected chi connectivity index (χ2v) is 8.11. The topological polar surface area (TPSA) is 109 Å². The van der Waals surface area contributed by atoms with Crippen molar-refractivity contribution in [3.05, 3.63) is 17.7 Å². The molecule has 18 heavy (non-hydrogen) atoms. The molecular formula is C9H11IO6S2. The zero-order chi connectivity index (χ0) is 14.1. The second kappa shape index (κ2) is 5.31. The number of alkyl halides is 1. The Labute approximate surface area is 119 Å². The number of phenolic OH excluding ortho intramolecular Hbond substituents is 1. The molecule has 0 aliphatic carbocycles. The lowest BCUT2D eigenvalue weighted by atomic mass is 10.2. The van der Waals surface area contributed by atoms with E-state index in [1.54, 1.807) is 0 Å². The average Bonchev–Trinajstić information content (AvgIpc) is 2.19. The van der Waals surface area contributed by atoms with Gasteiger partial charge in [-0.15, -0.1) is 0 Å². The third kappa shape index (κ3) is 3.33. The Bertz CT molecular complexity index is 663. The quantitative estimate of drug-likeness (QED) is 0.441. The smallest absolute Gasteiger partial charge is 0.294 e. The molecule has 0 radical (unpaired) electrons. The van der Waals surface area contributed by atoms with E-state index in [2.05, 4.69) is 0 Å². The summed E-state index contributed by atoms with van der Waals surface area (Å²) in [6.45, 7) is 1.34. The van der Waals surface area contributed by atoms with Crippen molar-refractivity contribution >= 4 is 42.5 Å². The van der Waals surface area contributed by atoms with Gasteiger partial charge in [-0.3, -0.25) is 4.55 Å². The van der Waals surface area contributed by atoms with Crippen LogP contribution in [0.1, 0.15) is 5.56 Å². The molecule has 0 fully saturated rings. The molecule has 1 aromatic rings. The van der Waals surface area contributed by atoms with E-state index in [1.165, 1.54) is 6.92 Å². The number of benzene rings is 1. The van der Waals surface area contributed by atoms with Crippen molar-refractivity contribution in [1.82, 2.24) is 0 Å². The van der Waals surface area contributed by atoms with Gasteiger partial charge in [-0.2, -0.15) is 8.42 Å². The third-order valence-corrected chi connectivity index (χ3v) is 6.22. The highest BCUT2D eigenvalue weighted by atomic mass is 127. The minimum atomic E-state index is -4.49. The molecule has 0 spiro atoms. The fourth-order valence-corrected chi connectivity index (χ4v) is 5.01. The van der Waals surface area contributed by atoms with Gasteiger partial charge in [-0.25, -0.2) is 8.42 Å². The van der Waals surface area contributed by atoms with E-state index in [0.29, 0.717) is 4.43 Å². The highest BCUT2D eigenvalue weighted by Crippen LogP contribution is 2.29. The summed E-state index contributed by atoms with van der Waals surface area (Å²) in [4.78, 5) is -0.836. The largest absolute Gasteiger partial charge is 0.507 e. The van der Waals surface area contributed by atoms with Crippen molar-refractivity contribution < 1.29 is 26.5 Å². The number of sulfone groups is 1. The number of aromatic hydroxyl groups is 1. The zero-order valence-corrected chi connectivity index (χ0v) is 13.1. The van der Waals surface area contributed by atoms with Gasteiger partial charge in [0.2, 0.25) is 0 Å². The van der Waals surface area contributed by atoms with Crippen LogP contribution in [0.3, 0.4) is 0 Å². The first-order chi connectivity index (χ1) is 8.09. The molecule has 0 saturated carbocycles. The summed E-state index contributed by atoms with van der Waals surface area (Å²) < 4.78 is 54.8. The maximum absolute atomic E-state index is 11.8. The molecule has 102 valence electrons. The molecular weight excluding hydrogens is 395 g/mol. The molecule has 9 heteroatoms. The lowest BCUT2D eigenvalue weighted by Gasteiger charge is -2.09. The minimum Gasteiger partial charge on any atom is -0.507 e. The van der Waals surface area contributed by atoms with Crippen LogP contribution in [-0.4, -0.2) is 36.7 Å². The summed E-state index contributed by atoms with van der Waals surface area (Å²) in [6, 6.07) is 1.78. The molecule has 6 nitrogen and oxygen atoms in total. The third-order valence-electron chi connectivity index (χ3n) is 2.22. The Hall–Kier alpha value is -0.390. The summed E-state index contributed by atoms with van der Waals surface area (Å²) >= 11 is 1.88. The zero-order valence-electron chi connectivity index (χ0n) is 9.29. The van der Waals surface area contributed by atoms with Crippen molar-refractivity contribution in [3.8, 4) is 5.75 Å². The predicted octanol–water partition coefficient (Wildman–Crippen LogP) is 1.16. The molecule has 0 atom stereocenters. The molecule has 2 N–H and O–H groups in total. The predicted molar refractivity (Wildman–Crippen MR) is 73.6 cm³/mol. The van der Waals surface area contributed by atoms with Gasteiger partial charge in [0.15, 0.2) is 9.84 Å². The van der Waals surface area contributed by atoms with E-state index in [9.17, 15) is 21.9 Å². The van der Waals surface area contributed by atoms with E-state index in [4.69, 9.17) is 4.55 Å². The van der Waals surface area contributed by atoms with Gasteiger partial charge in [0.1, 0.15) is 15.5 Å². The summed E-state index contributed by atoms with van der Waals surface area (Å²) in [5.41, 5.74) is 0.0577. The van der Waals surface area contributed by atoms with Gasteiger partial charge in [-0.05, 0) is 18.6 Å². The lowest BCUT2D eigenvalue weighted by molar-refractivity contribution is 0.451. The molecule has 0 aliphatic heterocycles. The first kappa shape index (κ1) is 15.7. The Kier molecular flexibility index (Phi) is 4.62. The van der Waals surface area contributed by atoms with Crippen molar-refractivity contribution in [2.24, 2.45) is 0 Å². The van der Waals surface area contributed by atoms with Crippen LogP contribution in [0, 0.1) is 6.92 Å². The Morgan fingerprint density at radius 1 is 1.17 bits per heavy atom. The van der Waals surface area contributed by atoms with Crippen molar-refractivity contribution in [1.29, 1.82) is 0 Å². The maximum atomic E-state index is 11.8. The van der Waals surface area contributed by atoms with E-state index in [0.717, 1.165) is 12.1 Å². The van der Waals surface area contributed by atoms with Crippen LogP contribution >= 0.6 is 22.6 Å². The average molecular weight is 406 g/mol. The standard InChI is InChI=1S/C9H11IO6S2/c1-6-4-9(17(12,13)3-2-10)7(11)5-8(6)18(14,15)16/h4-5,11H,2-3H2,1H3,(H,14,15,16). The number of hydrogen-bond donors (Lipinski definition) is 2. The highest BCUT2D eigenvalue weighted by Gasteiger charge is 2.23. The second-order valence-electron chi connectivity index (χ2n) is 3.57. The van der Waals surface area contributed by atoms with E-state index in [-0.39, 0.29) is 16.2 Å². The van der Waals surface area contributed by atoms with E-state index >= 15 is 0 Å². The Morgan fingerprint density at radius 3 is 2.17 bits per heavy atom. The summed E-state index contributed by atoms with van der Waals surface area (Å²) in [5, 5.41) is 9.58. The highest BCUT2D eigenvalue weighted by molar-refractivity contribution is 14.1. The molecule has 0 bridgehead atoms. The van der Waals surface area contributed by atoms with Crippen molar-refractivity contribution in [2.75, 3.05) is 10.2 Å². The van der Waals surface area contributed by atoms with Crippen LogP contribution in [0.4, 0.5) is 0 Å². The molecule has 1 aromatic carbocycles. The first-order valence-corrected chi connectivity index (χ1v) is 9.31. The van der Waals surface area contributed by atoms with Crippen molar-refractivity contribution in [3.63, 3.8) is 0 Å². The van der Waals surface area contributed by atoms with Gasteiger partial charge >= 0.3 is 0 Å². The SMILES string of the molecule is Cc1cc(S(=O)(=O)CCI)c(O)cc1S(=O)(=O)O. The van der Waals surface area contributed by atoms with Gasteiger partial charge in [0.05, 0.1) is 5.75 Å². The normalized spacial score (nSPS) is 12.6. The number of rotatable bonds is 4. The number of phenols is 1. The Morgan fingerprint density at radius 2 is 1.72 bits per heavy atom. The van der Waals surface area contributed by atoms with Crippen molar-refractivity contribution in [2.45, 2.75) is 16.7 Å². The van der Waals surface area contributed by atoms with Gasteiger partial charge in [0.25, 0.3) is 10.1 Å². The summed E-state index contributed by atoms with van der Waals surface area (Å²) in [5.74, 6) is -0.843. The molecule has 1 rings (SSSR count). The number of halogens is 1. The molecule has 0 saturated heterocycles. The fraction of sp³-hybridized carbons (Fsp3) is 0.333. The molecule has 0 heterocycles. The van der Waals surface area contributed by atoms with Crippen LogP contribution < -0.4 is 0 Å². The molecule has 0 unspecified atom stereocenters. The minimum absolute atomic E-state index is 0.0577. The van der Waals surface area contributed by atoms with E-state index in [1.807, 2.05) is 22.6 Å². The van der Waals surface area contributed by atoms with Crippen LogP contribution in [0.5, 0.6) is 5.75 Å². The monoisotopic (exact) mass is 406 g/mol. The Balaban J connectivity index is 3.51. The van der Waals surface area contributed by atoms with Crippen LogP contribution in [-0.2, 0) is 20.0 Å². The number of hydrogen-bond acceptors (Lipinski definition) is 5. The van der Waals surface area contributed by atoms with Gasteiger partial charge in [0, 0.05) is 10.5 Å². The maximum Gasteiger partial charge on any atom is 0.294 e. The van der Waals surface area contributed by atoms with Crippen LogP contribution in [0.2, 0.25) is 0 Å². The molecule has 0 amide bonds. The van der Waals surface area contributed by atoms with Gasteiger partial charge in [-0.1, -0.05) is 22.6 Å². The lowest BCUT2D eigenvalue weighted by Crippen LogP contribution is -2.10. The first-order valence-electron chi connectivity index (χ1n) is 4.69. The summed E-state index contributed by atoms with van der Waals surface area (Å²) in [6.07, 6.45) is 0. The van der Waals surface area contributed by atoms with Crippen LogP contribution in [0.25, 0.3) is 0 Å². The molecule has 0 aromatic heterocycles. The summed E-state index contributed by atoms with van der Waals surface area (Å²) in [7, 11) is -8.15. The molecule has 0 aliphatic rings.